The lowest BCUT2D eigenvalue weighted by atomic mass is 9.94. The minimum atomic E-state index is 0.0624. The molecule has 5 rings (SSSR count). The number of methoxy groups -OCH3 is 1. The second-order valence-corrected chi connectivity index (χ2v) is 9.56. The number of carbonyl (C=O) groups is 2. The number of hydrogen-bond donors (Lipinski definition) is 0. The van der Waals surface area contributed by atoms with Crippen molar-refractivity contribution in [3.63, 3.8) is 0 Å². The summed E-state index contributed by atoms with van der Waals surface area (Å²) in [6, 6.07) is 7.79. The fourth-order valence-corrected chi connectivity index (χ4v) is 5.45. The summed E-state index contributed by atoms with van der Waals surface area (Å²) in [6.45, 7) is 4.01. The molecule has 2 amide bonds. The maximum absolute atomic E-state index is 12.8. The van der Waals surface area contributed by atoms with Crippen LogP contribution in [0.4, 0.5) is 5.82 Å². The Kier molecular flexibility index (Phi) is 6.04. The highest BCUT2D eigenvalue weighted by Gasteiger charge is 2.34. The van der Waals surface area contributed by atoms with Gasteiger partial charge in [-0.1, -0.05) is 25.0 Å². The zero-order valence-corrected chi connectivity index (χ0v) is 19.5. The highest BCUT2D eigenvalue weighted by atomic mass is 16.5. The first kappa shape index (κ1) is 21.9. The molecule has 0 bridgehead atoms. The van der Waals surface area contributed by atoms with E-state index in [-0.39, 0.29) is 17.7 Å². The lowest BCUT2D eigenvalue weighted by Gasteiger charge is -2.33. The Morgan fingerprint density at radius 3 is 2.42 bits per heavy atom. The van der Waals surface area contributed by atoms with Crippen LogP contribution in [0.2, 0.25) is 0 Å². The minimum absolute atomic E-state index is 0.0624. The van der Waals surface area contributed by atoms with Gasteiger partial charge in [0.15, 0.2) is 0 Å². The van der Waals surface area contributed by atoms with Crippen molar-refractivity contribution in [2.75, 3.05) is 25.1 Å². The number of aromatic nitrogens is 2. The zero-order chi connectivity index (χ0) is 22.9. The monoisotopic (exact) mass is 448 g/mol. The third kappa shape index (κ3) is 4.33. The predicted molar refractivity (Wildman–Crippen MR) is 125 cm³/mol. The number of benzene rings is 1. The van der Waals surface area contributed by atoms with Crippen molar-refractivity contribution < 1.29 is 14.3 Å². The lowest BCUT2D eigenvalue weighted by Crippen LogP contribution is -2.41. The lowest BCUT2D eigenvalue weighted by molar-refractivity contribution is -0.136. The molecule has 174 valence electrons. The number of amides is 2. The number of aryl methyl sites for hydroxylation is 1. The van der Waals surface area contributed by atoms with Gasteiger partial charge in [0.1, 0.15) is 17.4 Å². The fourth-order valence-electron chi connectivity index (χ4n) is 5.45. The second kappa shape index (κ2) is 9.12. The van der Waals surface area contributed by atoms with Gasteiger partial charge in [0, 0.05) is 36.2 Å². The van der Waals surface area contributed by atoms with E-state index in [0.717, 1.165) is 73.0 Å². The third-order valence-electron chi connectivity index (χ3n) is 7.47. The number of ether oxygens (including phenoxy) is 1. The van der Waals surface area contributed by atoms with E-state index in [0.29, 0.717) is 18.9 Å². The molecule has 0 unspecified atom stereocenters. The summed E-state index contributed by atoms with van der Waals surface area (Å²) in [5, 5.41) is 0. The third-order valence-corrected chi connectivity index (χ3v) is 7.47. The van der Waals surface area contributed by atoms with Crippen molar-refractivity contribution in [1.82, 2.24) is 14.9 Å². The average molecular weight is 449 g/mol. The molecule has 0 atom stereocenters. The first-order valence-electron chi connectivity index (χ1n) is 12.1. The van der Waals surface area contributed by atoms with Crippen LogP contribution in [0.15, 0.2) is 24.3 Å². The Labute approximate surface area is 195 Å². The molecule has 1 saturated carbocycles. The molecule has 1 aromatic heterocycles. The summed E-state index contributed by atoms with van der Waals surface area (Å²) in [5.41, 5.74) is 2.87. The Hall–Kier alpha value is -2.96. The summed E-state index contributed by atoms with van der Waals surface area (Å²) in [5.74, 6) is 3.22. The van der Waals surface area contributed by atoms with Gasteiger partial charge in [-0.15, -0.1) is 0 Å². The number of carbonyl (C=O) groups excluding carboxylic acids is 2. The quantitative estimate of drug-likeness (QED) is 0.696. The molecular formula is C26H32N4O3. The van der Waals surface area contributed by atoms with E-state index in [9.17, 15) is 9.59 Å². The second-order valence-electron chi connectivity index (χ2n) is 9.56. The molecule has 2 fully saturated rings. The predicted octanol–water partition coefficient (Wildman–Crippen LogP) is 3.78. The van der Waals surface area contributed by atoms with Crippen molar-refractivity contribution in [2.45, 2.75) is 64.3 Å². The van der Waals surface area contributed by atoms with Crippen molar-refractivity contribution in [2.24, 2.45) is 5.92 Å². The smallest absolute Gasteiger partial charge is 0.233 e. The summed E-state index contributed by atoms with van der Waals surface area (Å²) >= 11 is 0. The number of rotatable bonds is 5. The highest BCUT2D eigenvalue weighted by Crippen LogP contribution is 2.35. The van der Waals surface area contributed by atoms with E-state index in [1.54, 1.807) is 12.0 Å². The number of nitrogens with zero attached hydrogens (tertiary/aromatic N) is 4. The van der Waals surface area contributed by atoms with E-state index < -0.39 is 0 Å². The molecule has 3 heterocycles. The van der Waals surface area contributed by atoms with Crippen LogP contribution >= 0.6 is 0 Å². The molecule has 1 aromatic carbocycles. The number of fused-ring (bicyclic) bond motifs is 1. The maximum atomic E-state index is 12.8. The molecule has 7 heteroatoms. The van der Waals surface area contributed by atoms with Crippen LogP contribution in [0, 0.1) is 12.8 Å². The van der Waals surface area contributed by atoms with Crippen molar-refractivity contribution in [3.05, 3.63) is 46.9 Å². The number of piperidine rings is 1. The first-order chi connectivity index (χ1) is 16.0. The first-order valence-corrected chi connectivity index (χ1v) is 12.1. The number of anilines is 1. The standard InChI is InChI=1S/C26H32N4O3/c1-17-22-15-23(31)30(16-18-7-9-21(33-2)10-8-18)25(22)28-24(27-17)19-11-13-29(14-12-19)26(32)20-5-3-4-6-20/h7-10,19-20H,3-6,11-16H2,1-2H3. The molecule has 0 radical (unpaired) electrons. The molecule has 0 spiro atoms. The van der Waals surface area contributed by atoms with Crippen molar-refractivity contribution >= 4 is 17.6 Å². The van der Waals surface area contributed by atoms with Gasteiger partial charge in [-0.3, -0.25) is 14.5 Å². The van der Waals surface area contributed by atoms with E-state index in [2.05, 4.69) is 0 Å². The van der Waals surface area contributed by atoms with Crippen molar-refractivity contribution in [1.29, 1.82) is 0 Å². The van der Waals surface area contributed by atoms with Gasteiger partial charge in [-0.2, -0.15) is 0 Å². The molecule has 1 aliphatic carbocycles. The maximum Gasteiger partial charge on any atom is 0.233 e. The van der Waals surface area contributed by atoms with E-state index >= 15 is 0 Å². The normalized spacial score (nSPS) is 19.3. The molecule has 7 nitrogen and oxygen atoms in total. The molecule has 0 N–H and O–H groups in total. The van der Waals surface area contributed by atoms with Crippen LogP contribution in [0.5, 0.6) is 5.75 Å². The summed E-state index contributed by atoms with van der Waals surface area (Å²) in [6.07, 6.45) is 6.56. The van der Waals surface area contributed by atoms with Crippen LogP contribution in [0.1, 0.15) is 67.1 Å². The average Bonchev–Trinajstić information content (AvgIpc) is 3.48. The van der Waals surface area contributed by atoms with Crippen LogP contribution in [0.25, 0.3) is 0 Å². The molecule has 3 aliphatic rings. The highest BCUT2D eigenvalue weighted by molar-refractivity contribution is 6.00. The van der Waals surface area contributed by atoms with Crippen LogP contribution in [-0.2, 0) is 22.6 Å². The van der Waals surface area contributed by atoms with Crippen LogP contribution < -0.4 is 9.64 Å². The Balaban J connectivity index is 1.31. The van der Waals surface area contributed by atoms with Gasteiger partial charge >= 0.3 is 0 Å². The van der Waals surface area contributed by atoms with Crippen LogP contribution in [0.3, 0.4) is 0 Å². The van der Waals surface area contributed by atoms with Gasteiger partial charge in [0.25, 0.3) is 0 Å². The largest absolute Gasteiger partial charge is 0.497 e. The molecule has 33 heavy (non-hydrogen) atoms. The zero-order valence-electron chi connectivity index (χ0n) is 19.5. The molecule has 2 aromatic rings. The van der Waals surface area contributed by atoms with Gasteiger partial charge in [0.2, 0.25) is 11.8 Å². The number of hydrogen-bond acceptors (Lipinski definition) is 5. The van der Waals surface area contributed by atoms with Gasteiger partial charge in [-0.25, -0.2) is 9.97 Å². The minimum Gasteiger partial charge on any atom is -0.497 e. The molecule has 1 saturated heterocycles. The van der Waals surface area contributed by atoms with Gasteiger partial charge in [-0.05, 0) is 50.3 Å². The van der Waals surface area contributed by atoms with E-state index in [4.69, 9.17) is 14.7 Å². The fraction of sp³-hybridized carbons (Fsp3) is 0.538. The Morgan fingerprint density at radius 1 is 1.06 bits per heavy atom. The van der Waals surface area contributed by atoms with Crippen molar-refractivity contribution in [3.8, 4) is 5.75 Å². The SMILES string of the molecule is COc1ccc(CN2C(=O)Cc3c(C)nc(C4CCN(C(=O)C5CCCC5)CC4)nc32)cc1. The summed E-state index contributed by atoms with van der Waals surface area (Å²) < 4.78 is 5.24. The van der Waals surface area contributed by atoms with Crippen LogP contribution in [-0.4, -0.2) is 46.9 Å². The Morgan fingerprint density at radius 2 is 1.76 bits per heavy atom. The number of likely N-dealkylation sites (tertiary alicyclic amines) is 1. The van der Waals surface area contributed by atoms with Gasteiger partial charge < -0.3 is 9.64 Å². The van der Waals surface area contributed by atoms with Gasteiger partial charge in [0.05, 0.1) is 20.1 Å². The van der Waals surface area contributed by atoms with E-state index in [1.165, 1.54) is 12.8 Å². The summed E-state index contributed by atoms with van der Waals surface area (Å²) in [4.78, 5) is 39.2. The van der Waals surface area contributed by atoms with E-state index in [1.807, 2.05) is 36.1 Å². The summed E-state index contributed by atoms with van der Waals surface area (Å²) in [7, 11) is 1.64. The Bertz CT molecular complexity index is 1040. The molecule has 2 aliphatic heterocycles. The topological polar surface area (TPSA) is 75.6 Å². The molecular weight excluding hydrogens is 416 g/mol.